The third kappa shape index (κ3) is 6.87. The minimum Gasteiger partial charge on any atom is -0.456 e. The van der Waals surface area contributed by atoms with Crippen LogP contribution in [0.15, 0.2) is 290 Å². The van der Waals surface area contributed by atoms with Gasteiger partial charge in [-0.05, 0) is 126 Å². The zero-order valence-electron chi connectivity index (χ0n) is 40.0. The molecule has 0 atom stereocenters. The molecule has 12 aromatic carbocycles. The van der Waals surface area contributed by atoms with Gasteiger partial charge >= 0.3 is 0 Å². The van der Waals surface area contributed by atoms with Crippen molar-refractivity contribution in [3.8, 4) is 55.6 Å². The second-order valence-corrected chi connectivity index (χ2v) is 19.1. The highest BCUT2D eigenvalue weighted by Crippen LogP contribution is 2.58. The van der Waals surface area contributed by atoms with Gasteiger partial charge in [-0.2, -0.15) is 0 Å². The summed E-state index contributed by atoms with van der Waals surface area (Å²) in [7, 11) is 0. The number of hydrogen-bond donors (Lipinski definition) is 0. The number of hydrogen-bond acceptors (Lipinski definition) is 2. The fourth-order valence-electron chi connectivity index (χ4n) is 12.0. The summed E-state index contributed by atoms with van der Waals surface area (Å²) in [5.41, 5.74) is 21.6. The molecule has 0 saturated carbocycles. The molecule has 73 heavy (non-hydrogen) atoms. The van der Waals surface area contributed by atoms with Crippen molar-refractivity contribution in [3.63, 3.8) is 0 Å². The van der Waals surface area contributed by atoms with E-state index >= 15 is 0 Å². The van der Waals surface area contributed by atoms with Crippen LogP contribution in [0.1, 0.15) is 22.3 Å². The zero-order chi connectivity index (χ0) is 48.3. The maximum absolute atomic E-state index is 6.34. The Labute approximate surface area is 425 Å². The molecule has 0 amide bonds. The third-order valence-corrected chi connectivity index (χ3v) is 15.2. The van der Waals surface area contributed by atoms with E-state index in [1.165, 1.54) is 72.0 Å². The Hall–Kier alpha value is -9.50. The molecule has 0 radical (unpaired) electrons. The lowest BCUT2D eigenvalue weighted by atomic mass is 9.67. The Kier molecular flexibility index (Phi) is 10.1. The molecule has 1 aromatic heterocycles. The summed E-state index contributed by atoms with van der Waals surface area (Å²) < 4.78 is 6.34. The Morgan fingerprint density at radius 3 is 1.58 bits per heavy atom. The minimum absolute atomic E-state index is 0.495. The van der Waals surface area contributed by atoms with Crippen LogP contribution in [0.3, 0.4) is 0 Å². The van der Waals surface area contributed by atoms with Gasteiger partial charge in [0.1, 0.15) is 11.2 Å². The van der Waals surface area contributed by atoms with Crippen LogP contribution in [-0.4, -0.2) is 0 Å². The first kappa shape index (κ1) is 42.4. The summed E-state index contributed by atoms with van der Waals surface area (Å²) in [6, 6.07) is 104. The Balaban J connectivity index is 0.949. The molecule has 2 nitrogen and oxygen atoms in total. The number of rotatable bonds is 9. The van der Waals surface area contributed by atoms with E-state index in [1.54, 1.807) is 0 Å². The third-order valence-electron chi connectivity index (χ3n) is 15.2. The molecule has 0 N–H and O–H groups in total. The largest absolute Gasteiger partial charge is 0.456 e. The Morgan fingerprint density at radius 1 is 0.288 bits per heavy atom. The molecule has 0 spiro atoms. The van der Waals surface area contributed by atoms with E-state index in [2.05, 4.69) is 284 Å². The van der Waals surface area contributed by atoms with Gasteiger partial charge in [-0.3, -0.25) is 0 Å². The molecule has 14 rings (SSSR count). The van der Waals surface area contributed by atoms with Crippen molar-refractivity contribution in [1.82, 2.24) is 0 Å². The SMILES string of the molecule is c1ccc(-c2ccc(-c3ccc(N(c4ccc(-c5cccc6oc7ccccc7c56)cc4)c4cccc(-c5cccc6c5-c5ccccc5C6(c5ccccc5)c5ccccc5)c4)c4ccccc34)cc2)cc1. The lowest BCUT2D eigenvalue weighted by Gasteiger charge is -2.34. The van der Waals surface area contributed by atoms with Crippen molar-refractivity contribution in [2.75, 3.05) is 4.90 Å². The lowest BCUT2D eigenvalue weighted by Crippen LogP contribution is -2.28. The van der Waals surface area contributed by atoms with Crippen LogP contribution < -0.4 is 4.90 Å². The molecule has 0 unspecified atom stereocenters. The van der Waals surface area contributed by atoms with E-state index in [0.717, 1.165) is 55.7 Å². The Morgan fingerprint density at radius 2 is 0.808 bits per heavy atom. The second-order valence-electron chi connectivity index (χ2n) is 19.1. The van der Waals surface area contributed by atoms with Crippen molar-refractivity contribution < 1.29 is 4.42 Å². The summed E-state index contributed by atoms with van der Waals surface area (Å²) >= 11 is 0. The smallest absolute Gasteiger partial charge is 0.136 e. The van der Waals surface area contributed by atoms with E-state index in [4.69, 9.17) is 4.42 Å². The van der Waals surface area contributed by atoms with Gasteiger partial charge in [-0.1, -0.05) is 243 Å². The molecule has 0 saturated heterocycles. The number of para-hydroxylation sites is 1. The molecule has 0 aliphatic heterocycles. The predicted octanol–water partition coefficient (Wildman–Crippen LogP) is 19.2. The van der Waals surface area contributed by atoms with Gasteiger partial charge in [0, 0.05) is 27.5 Å². The average Bonchev–Trinajstić information content (AvgIpc) is 4.01. The number of nitrogens with zero attached hydrogens (tertiary/aromatic N) is 1. The maximum Gasteiger partial charge on any atom is 0.136 e. The summed E-state index contributed by atoms with van der Waals surface area (Å²) in [5.74, 6) is 0. The summed E-state index contributed by atoms with van der Waals surface area (Å²) in [5, 5.41) is 4.62. The Bertz CT molecular complexity index is 4130. The first-order chi connectivity index (χ1) is 36.2. The van der Waals surface area contributed by atoms with Crippen LogP contribution in [-0.2, 0) is 5.41 Å². The normalized spacial score (nSPS) is 12.5. The molecule has 0 fully saturated rings. The summed E-state index contributed by atoms with van der Waals surface area (Å²) in [6.45, 7) is 0. The van der Waals surface area contributed by atoms with Gasteiger partial charge in [0.2, 0.25) is 0 Å². The van der Waals surface area contributed by atoms with Crippen molar-refractivity contribution in [2.45, 2.75) is 5.41 Å². The maximum atomic E-state index is 6.34. The molecular formula is C71H47NO. The molecule has 1 heterocycles. The number of anilines is 3. The molecule has 1 aliphatic carbocycles. The van der Waals surface area contributed by atoms with Crippen LogP contribution in [0.25, 0.3) is 88.3 Å². The van der Waals surface area contributed by atoms with E-state index in [9.17, 15) is 0 Å². The van der Waals surface area contributed by atoms with Crippen molar-refractivity contribution in [1.29, 1.82) is 0 Å². The fraction of sp³-hybridized carbons (Fsp3) is 0.0141. The molecule has 342 valence electrons. The zero-order valence-corrected chi connectivity index (χ0v) is 40.0. The van der Waals surface area contributed by atoms with Gasteiger partial charge in [0.05, 0.1) is 11.1 Å². The fourth-order valence-corrected chi connectivity index (χ4v) is 12.0. The van der Waals surface area contributed by atoms with Gasteiger partial charge in [0.25, 0.3) is 0 Å². The van der Waals surface area contributed by atoms with Crippen LogP contribution in [0.2, 0.25) is 0 Å². The molecule has 1 aliphatic rings. The monoisotopic (exact) mass is 929 g/mol. The predicted molar refractivity (Wildman–Crippen MR) is 305 cm³/mol. The van der Waals surface area contributed by atoms with E-state index < -0.39 is 5.41 Å². The van der Waals surface area contributed by atoms with E-state index in [1.807, 2.05) is 6.07 Å². The minimum atomic E-state index is -0.495. The average molecular weight is 930 g/mol. The molecular weight excluding hydrogens is 883 g/mol. The lowest BCUT2D eigenvalue weighted by molar-refractivity contribution is 0.669. The van der Waals surface area contributed by atoms with E-state index in [0.29, 0.717) is 0 Å². The van der Waals surface area contributed by atoms with Crippen LogP contribution >= 0.6 is 0 Å². The van der Waals surface area contributed by atoms with Crippen molar-refractivity contribution in [2.24, 2.45) is 0 Å². The summed E-state index contributed by atoms with van der Waals surface area (Å²) in [6.07, 6.45) is 0. The second kappa shape index (κ2) is 17.4. The molecule has 13 aromatic rings. The number of benzene rings is 12. The summed E-state index contributed by atoms with van der Waals surface area (Å²) in [4.78, 5) is 2.45. The first-order valence-electron chi connectivity index (χ1n) is 25.2. The van der Waals surface area contributed by atoms with Gasteiger partial charge in [-0.15, -0.1) is 0 Å². The standard InChI is InChI=1S/C71H47NO/c1-4-19-48(20-5-1)49-37-39-50(40-38-49)57-45-46-66(61-28-11-10-27-60(57)61)72(55-43-41-51(42-44-55)58-32-18-36-68-70(58)63-30-13-15-35-67(63)73-68)56-26-16-21-52(47-56)59-31-17-34-65-69(59)62-29-12-14-33-64(62)71(65,53-22-6-2-7-23-53)54-24-8-3-9-25-54/h1-47H. The number of furan rings is 1. The molecule has 0 bridgehead atoms. The highest BCUT2D eigenvalue weighted by Gasteiger charge is 2.46. The van der Waals surface area contributed by atoms with Crippen molar-refractivity contribution in [3.05, 3.63) is 307 Å². The van der Waals surface area contributed by atoms with Gasteiger partial charge < -0.3 is 9.32 Å². The van der Waals surface area contributed by atoms with Crippen molar-refractivity contribution >= 4 is 49.8 Å². The van der Waals surface area contributed by atoms with Gasteiger partial charge in [0.15, 0.2) is 0 Å². The van der Waals surface area contributed by atoms with E-state index in [-0.39, 0.29) is 0 Å². The first-order valence-corrected chi connectivity index (χ1v) is 25.2. The molecule has 2 heteroatoms. The highest BCUT2D eigenvalue weighted by molar-refractivity contribution is 6.13. The highest BCUT2D eigenvalue weighted by atomic mass is 16.3. The van der Waals surface area contributed by atoms with Crippen LogP contribution in [0.4, 0.5) is 17.1 Å². The van der Waals surface area contributed by atoms with Gasteiger partial charge in [-0.25, -0.2) is 0 Å². The number of fused-ring (bicyclic) bond motifs is 7. The quantitative estimate of drug-likeness (QED) is 0.143. The van der Waals surface area contributed by atoms with Crippen LogP contribution in [0, 0.1) is 0 Å². The topological polar surface area (TPSA) is 16.4 Å². The van der Waals surface area contributed by atoms with Crippen LogP contribution in [0.5, 0.6) is 0 Å².